The van der Waals surface area contributed by atoms with Gasteiger partial charge in [-0.2, -0.15) is 0 Å². The van der Waals surface area contributed by atoms with Crippen molar-refractivity contribution < 1.29 is 9.47 Å². The average molecular weight is 368 g/mol. The molecule has 0 aromatic heterocycles. The Morgan fingerprint density at radius 3 is 2.05 bits per heavy atom. The second kappa shape index (κ2) is 5.02. The van der Waals surface area contributed by atoms with Gasteiger partial charge in [0.1, 0.15) is 9.75 Å². The van der Waals surface area contributed by atoms with E-state index in [4.69, 9.17) is 55.9 Å². The first-order valence-corrected chi connectivity index (χ1v) is 7.99. The minimum absolute atomic E-state index is 0.159. The van der Waals surface area contributed by atoms with E-state index in [1.165, 1.54) is 14.2 Å². The van der Waals surface area contributed by atoms with Crippen molar-refractivity contribution in [2.45, 2.75) is 27.9 Å². The summed E-state index contributed by atoms with van der Waals surface area (Å²) in [7, 11) is 3.01. The van der Waals surface area contributed by atoms with E-state index in [1.54, 1.807) is 0 Å². The molecule has 2 nitrogen and oxygen atoms in total. The van der Waals surface area contributed by atoms with Crippen LogP contribution < -0.4 is 0 Å². The lowest BCUT2D eigenvalue weighted by molar-refractivity contribution is -0.217. The third kappa shape index (κ3) is 1.64. The largest absolute Gasteiger partial charge is 0.350 e. The lowest BCUT2D eigenvalue weighted by Crippen LogP contribution is -2.56. The molecule has 6 heteroatoms. The van der Waals surface area contributed by atoms with Crippen LogP contribution in [0.2, 0.25) is 0 Å². The Labute approximate surface area is 143 Å². The zero-order chi connectivity index (χ0) is 15.5. The summed E-state index contributed by atoms with van der Waals surface area (Å²) < 4.78 is 11.3. The van der Waals surface area contributed by atoms with E-state index in [2.05, 4.69) is 0 Å². The van der Waals surface area contributed by atoms with Crippen molar-refractivity contribution in [2.24, 2.45) is 0 Å². The molecule has 0 N–H and O–H groups in total. The van der Waals surface area contributed by atoms with Crippen molar-refractivity contribution >= 4 is 46.4 Å². The summed E-state index contributed by atoms with van der Waals surface area (Å²) in [6.07, 6.45) is 0.485. The monoisotopic (exact) mass is 366 g/mol. The van der Waals surface area contributed by atoms with Crippen LogP contribution in [0.1, 0.15) is 17.9 Å². The second-order valence-corrected chi connectivity index (χ2v) is 7.33. The van der Waals surface area contributed by atoms with Crippen LogP contribution in [0.5, 0.6) is 0 Å². The van der Waals surface area contributed by atoms with Crippen molar-refractivity contribution in [1.29, 1.82) is 0 Å². The quantitative estimate of drug-likeness (QED) is 0.563. The fourth-order valence-electron chi connectivity index (χ4n) is 3.68. The van der Waals surface area contributed by atoms with Crippen LogP contribution in [-0.4, -0.2) is 29.8 Å². The zero-order valence-corrected chi connectivity index (χ0v) is 14.5. The number of hydrogen-bond donors (Lipinski definition) is 0. The van der Waals surface area contributed by atoms with Crippen molar-refractivity contribution in [2.75, 3.05) is 14.2 Å². The molecule has 0 amide bonds. The van der Waals surface area contributed by atoms with Gasteiger partial charge in [0.15, 0.2) is 0 Å². The van der Waals surface area contributed by atoms with Gasteiger partial charge in [-0.25, -0.2) is 0 Å². The van der Waals surface area contributed by atoms with E-state index in [9.17, 15) is 0 Å². The number of benzene rings is 1. The minimum Gasteiger partial charge on any atom is -0.350 e. The third-order valence-corrected chi connectivity index (χ3v) is 7.19. The van der Waals surface area contributed by atoms with Crippen LogP contribution >= 0.6 is 46.4 Å². The summed E-state index contributed by atoms with van der Waals surface area (Å²) in [5.74, 6) is -1.47. The van der Waals surface area contributed by atoms with Gasteiger partial charge in [0, 0.05) is 20.1 Å². The van der Waals surface area contributed by atoms with Crippen molar-refractivity contribution in [3.63, 3.8) is 0 Å². The number of ether oxygens (including phenoxy) is 2. The molecule has 0 radical (unpaired) electrons. The fourth-order valence-corrected chi connectivity index (χ4v) is 5.75. The highest BCUT2D eigenvalue weighted by atomic mass is 35.5. The highest BCUT2D eigenvalue weighted by molar-refractivity contribution is 6.52. The summed E-state index contributed by atoms with van der Waals surface area (Å²) in [4.78, 5) is -2.25. The molecule has 2 bridgehead atoms. The van der Waals surface area contributed by atoms with Gasteiger partial charge in [-0.3, -0.25) is 0 Å². The molecule has 3 atom stereocenters. The number of rotatable bonds is 3. The molecule has 2 aliphatic carbocycles. The van der Waals surface area contributed by atoms with Crippen LogP contribution in [0, 0.1) is 0 Å². The first-order chi connectivity index (χ1) is 9.89. The van der Waals surface area contributed by atoms with E-state index in [0.717, 1.165) is 5.56 Å². The van der Waals surface area contributed by atoms with Gasteiger partial charge in [-0.05, 0) is 12.0 Å². The van der Waals surface area contributed by atoms with E-state index in [-0.39, 0.29) is 5.92 Å². The van der Waals surface area contributed by atoms with Gasteiger partial charge in [-0.1, -0.05) is 53.5 Å². The lowest BCUT2D eigenvalue weighted by atomic mass is 9.85. The van der Waals surface area contributed by atoms with Crippen molar-refractivity contribution in [3.8, 4) is 0 Å². The van der Waals surface area contributed by atoms with E-state index < -0.39 is 15.5 Å². The SMILES string of the molecule is COC1(OC)[C@@]2(Cl)C[C@H](c3ccccc3)[C@]1(Cl)C(Cl)=C2Cl. The summed E-state index contributed by atoms with van der Waals surface area (Å²) in [6.45, 7) is 0. The fraction of sp³-hybridized carbons (Fsp3) is 0.467. The molecule has 2 aliphatic rings. The maximum Gasteiger partial charge on any atom is 0.217 e. The molecule has 1 aromatic carbocycles. The standard InChI is InChI=1S/C15H14Cl4O2/c1-20-15(21-2)13(18)8-10(9-6-4-3-5-7-9)14(15,19)12(17)11(13)16/h3-7,10H,8H2,1-2H3/t10-,13-,14+/m1/s1. The number of hydrogen-bond acceptors (Lipinski definition) is 2. The normalized spacial score (nSPS) is 37.3. The third-order valence-electron chi connectivity index (χ3n) is 4.60. The summed E-state index contributed by atoms with van der Waals surface area (Å²) in [6, 6.07) is 9.82. The average Bonchev–Trinajstić information content (AvgIpc) is 2.79. The Bertz CT molecular complexity index is 599. The predicted octanol–water partition coefficient (Wildman–Crippen LogP) is 4.82. The van der Waals surface area contributed by atoms with Gasteiger partial charge in [0.25, 0.3) is 0 Å². The molecule has 1 saturated carbocycles. The van der Waals surface area contributed by atoms with Crippen LogP contribution in [0.4, 0.5) is 0 Å². The van der Waals surface area contributed by atoms with E-state index >= 15 is 0 Å². The van der Waals surface area contributed by atoms with Gasteiger partial charge in [0.2, 0.25) is 5.79 Å². The minimum atomic E-state index is -1.31. The second-order valence-electron chi connectivity index (χ2n) is 5.33. The molecular weight excluding hydrogens is 354 g/mol. The number of fused-ring (bicyclic) bond motifs is 2. The van der Waals surface area contributed by atoms with Crippen molar-refractivity contribution in [3.05, 3.63) is 46.0 Å². The molecular formula is C15H14Cl4O2. The molecule has 0 aliphatic heterocycles. The molecule has 1 aromatic rings. The van der Waals surface area contributed by atoms with Crippen LogP contribution in [0.15, 0.2) is 40.4 Å². The highest BCUT2D eigenvalue weighted by Gasteiger charge is 2.80. The molecule has 0 spiro atoms. The maximum absolute atomic E-state index is 6.95. The molecule has 21 heavy (non-hydrogen) atoms. The van der Waals surface area contributed by atoms with Gasteiger partial charge < -0.3 is 9.47 Å². The molecule has 1 fully saturated rings. The van der Waals surface area contributed by atoms with Crippen LogP contribution in [-0.2, 0) is 9.47 Å². The predicted molar refractivity (Wildman–Crippen MR) is 86.4 cm³/mol. The Balaban J connectivity index is 2.23. The molecule has 3 rings (SSSR count). The lowest BCUT2D eigenvalue weighted by Gasteiger charge is -2.41. The van der Waals surface area contributed by atoms with Gasteiger partial charge in [-0.15, -0.1) is 23.2 Å². The first-order valence-electron chi connectivity index (χ1n) is 6.48. The smallest absolute Gasteiger partial charge is 0.217 e. The Morgan fingerprint density at radius 2 is 1.57 bits per heavy atom. The molecule has 0 saturated heterocycles. The van der Waals surface area contributed by atoms with E-state index in [0.29, 0.717) is 16.5 Å². The first kappa shape index (κ1) is 15.9. The Kier molecular flexibility index (Phi) is 3.81. The Morgan fingerprint density at radius 1 is 1.00 bits per heavy atom. The summed E-state index contributed by atoms with van der Waals surface area (Å²) in [5, 5.41) is 0.598. The van der Waals surface area contributed by atoms with Crippen LogP contribution in [0.25, 0.3) is 0 Å². The van der Waals surface area contributed by atoms with Crippen LogP contribution in [0.3, 0.4) is 0 Å². The topological polar surface area (TPSA) is 18.5 Å². The molecule has 0 heterocycles. The maximum atomic E-state index is 6.95. The number of methoxy groups -OCH3 is 2. The van der Waals surface area contributed by atoms with Gasteiger partial charge >= 0.3 is 0 Å². The highest BCUT2D eigenvalue weighted by Crippen LogP contribution is 2.73. The number of halogens is 4. The summed E-state index contributed by atoms with van der Waals surface area (Å²) in [5.41, 5.74) is 1.02. The molecule has 0 unspecified atom stereocenters. The summed E-state index contributed by atoms with van der Waals surface area (Å²) >= 11 is 26.5. The molecule has 114 valence electrons. The zero-order valence-electron chi connectivity index (χ0n) is 11.5. The van der Waals surface area contributed by atoms with E-state index in [1.807, 2.05) is 30.3 Å². The number of alkyl halides is 2. The Hall–Kier alpha value is 0.0400. The van der Waals surface area contributed by atoms with Gasteiger partial charge in [0.05, 0.1) is 10.1 Å². The van der Waals surface area contributed by atoms with Crippen molar-refractivity contribution in [1.82, 2.24) is 0 Å².